The summed E-state index contributed by atoms with van der Waals surface area (Å²) in [5.41, 5.74) is 1.57. The molecule has 0 atom stereocenters. The Morgan fingerprint density at radius 1 is 0.938 bits per heavy atom. The molecule has 2 fully saturated rings. The van der Waals surface area contributed by atoms with Crippen LogP contribution in [0.5, 0.6) is 0 Å². The molecular weight excluding hydrogens is 196 g/mol. The maximum absolute atomic E-state index is 11.5. The van der Waals surface area contributed by atoms with Gasteiger partial charge in [0, 0.05) is 10.8 Å². The summed E-state index contributed by atoms with van der Waals surface area (Å²) in [6.45, 7) is 0. The molecule has 2 saturated carbocycles. The highest BCUT2D eigenvalue weighted by atomic mass is 16.1. The molecule has 2 aliphatic rings. The first kappa shape index (κ1) is 10.1. The Kier molecular flexibility index (Phi) is 2.17. The van der Waals surface area contributed by atoms with Gasteiger partial charge in [0.1, 0.15) is 6.29 Å². The molecule has 0 heterocycles. The van der Waals surface area contributed by atoms with Crippen molar-refractivity contribution >= 4 is 6.29 Å². The van der Waals surface area contributed by atoms with Gasteiger partial charge in [-0.2, -0.15) is 0 Å². The normalized spacial score (nSPS) is 25.2. The monoisotopic (exact) mass is 214 g/mol. The van der Waals surface area contributed by atoms with Gasteiger partial charge in [-0.05, 0) is 31.2 Å². The molecule has 0 aliphatic heterocycles. The molecule has 84 valence electrons. The third-order valence-electron chi connectivity index (χ3n) is 4.75. The maximum atomic E-state index is 11.5. The molecule has 1 aromatic rings. The summed E-state index contributed by atoms with van der Waals surface area (Å²) < 4.78 is 0. The van der Waals surface area contributed by atoms with E-state index >= 15 is 0 Å². The summed E-state index contributed by atoms with van der Waals surface area (Å²) >= 11 is 0. The van der Waals surface area contributed by atoms with E-state index in [0.717, 1.165) is 12.8 Å². The van der Waals surface area contributed by atoms with Crippen LogP contribution in [0.4, 0.5) is 0 Å². The van der Waals surface area contributed by atoms with Crippen LogP contribution in [-0.2, 0) is 10.2 Å². The van der Waals surface area contributed by atoms with Crippen molar-refractivity contribution in [2.75, 3.05) is 0 Å². The van der Waals surface area contributed by atoms with Crippen LogP contribution < -0.4 is 0 Å². The molecule has 0 radical (unpaired) electrons. The van der Waals surface area contributed by atoms with Crippen molar-refractivity contribution in [3.8, 4) is 0 Å². The van der Waals surface area contributed by atoms with Crippen molar-refractivity contribution in [1.29, 1.82) is 0 Å². The average molecular weight is 214 g/mol. The van der Waals surface area contributed by atoms with Crippen molar-refractivity contribution in [2.45, 2.75) is 43.9 Å². The predicted molar refractivity (Wildman–Crippen MR) is 64.3 cm³/mol. The van der Waals surface area contributed by atoms with E-state index < -0.39 is 0 Å². The maximum Gasteiger partial charge on any atom is 0.127 e. The fourth-order valence-corrected chi connectivity index (χ4v) is 3.65. The second-order valence-corrected chi connectivity index (χ2v) is 5.43. The molecule has 0 amide bonds. The van der Waals surface area contributed by atoms with Crippen molar-refractivity contribution in [1.82, 2.24) is 0 Å². The van der Waals surface area contributed by atoms with Crippen LogP contribution in [-0.4, -0.2) is 6.29 Å². The first-order chi connectivity index (χ1) is 7.83. The van der Waals surface area contributed by atoms with Crippen LogP contribution in [0.1, 0.15) is 44.1 Å². The van der Waals surface area contributed by atoms with E-state index in [0.29, 0.717) is 0 Å². The van der Waals surface area contributed by atoms with Crippen molar-refractivity contribution in [3.63, 3.8) is 0 Å². The molecule has 0 spiro atoms. The number of carbonyl (C=O) groups is 1. The molecule has 0 saturated heterocycles. The molecule has 0 bridgehead atoms. The summed E-state index contributed by atoms with van der Waals surface area (Å²) in [5.74, 6) is 0. The fourth-order valence-electron chi connectivity index (χ4n) is 3.65. The van der Waals surface area contributed by atoms with Gasteiger partial charge in [0.25, 0.3) is 0 Å². The van der Waals surface area contributed by atoms with E-state index in [1.54, 1.807) is 0 Å². The summed E-state index contributed by atoms with van der Waals surface area (Å²) in [7, 11) is 0. The lowest BCUT2D eigenvalue weighted by Crippen LogP contribution is -2.35. The predicted octanol–water partition coefficient (Wildman–Crippen LogP) is 3.48. The Bertz CT molecular complexity index is 383. The Labute approximate surface area is 96.9 Å². The van der Waals surface area contributed by atoms with Gasteiger partial charge in [-0.1, -0.05) is 43.2 Å². The summed E-state index contributed by atoms with van der Waals surface area (Å²) in [6, 6.07) is 10.7. The second kappa shape index (κ2) is 3.44. The Balaban J connectivity index is 2.07. The Morgan fingerprint density at radius 2 is 1.56 bits per heavy atom. The topological polar surface area (TPSA) is 17.1 Å². The van der Waals surface area contributed by atoms with E-state index in [1.165, 1.54) is 37.5 Å². The Hall–Kier alpha value is -1.11. The third-order valence-corrected chi connectivity index (χ3v) is 4.75. The molecule has 1 nitrogen and oxygen atoms in total. The van der Waals surface area contributed by atoms with Gasteiger partial charge in [-0.15, -0.1) is 0 Å². The van der Waals surface area contributed by atoms with Crippen LogP contribution >= 0.6 is 0 Å². The van der Waals surface area contributed by atoms with Crippen LogP contribution in [0.3, 0.4) is 0 Å². The van der Waals surface area contributed by atoms with Gasteiger partial charge in [0.05, 0.1) is 0 Å². The number of hydrogen-bond donors (Lipinski definition) is 0. The van der Waals surface area contributed by atoms with Crippen LogP contribution in [0.25, 0.3) is 0 Å². The number of hydrogen-bond acceptors (Lipinski definition) is 1. The van der Waals surface area contributed by atoms with Crippen molar-refractivity contribution in [3.05, 3.63) is 35.9 Å². The van der Waals surface area contributed by atoms with Gasteiger partial charge in [-0.25, -0.2) is 0 Å². The number of rotatable bonds is 3. The minimum absolute atomic E-state index is 0.00907. The fraction of sp³-hybridized carbons (Fsp3) is 0.533. The molecule has 0 unspecified atom stereocenters. The van der Waals surface area contributed by atoms with E-state index in [4.69, 9.17) is 0 Å². The van der Waals surface area contributed by atoms with Gasteiger partial charge >= 0.3 is 0 Å². The number of benzene rings is 1. The molecule has 2 aliphatic carbocycles. The first-order valence-electron chi connectivity index (χ1n) is 6.35. The van der Waals surface area contributed by atoms with E-state index in [9.17, 15) is 4.79 Å². The second-order valence-electron chi connectivity index (χ2n) is 5.43. The van der Waals surface area contributed by atoms with Gasteiger partial charge < -0.3 is 4.79 Å². The highest BCUT2D eigenvalue weighted by Gasteiger charge is 2.60. The van der Waals surface area contributed by atoms with E-state index in [-0.39, 0.29) is 10.8 Å². The van der Waals surface area contributed by atoms with E-state index in [2.05, 4.69) is 30.3 Å². The highest BCUT2D eigenvalue weighted by Crippen LogP contribution is 2.64. The zero-order valence-corrected chi connectivity index (χ0v) is 9.61. The minimum atomic E-state index is -0.00907. The molecule has 0 N–H and O–H groups in total. The number of carbonyl (C=O) groups excluding carboxylic acids is 1. The quantitative estimate of drug-likeness (QED) is 0.704. The minimum Gasteiger partial charge on any atom is -0.303 e. The van der Waals surface area contributed by atoms with Crippen molar-refractivity contribution < 1.29 is 4.79 Å². The Morgan fingerprint density at radius 3 is 2.06 bits per heavy atom. The van der Waals surface area contributed by atoms with Gasteiger partial charge in [0.2, 0.25) is 0 Å². The smallest absolute Gasteiger partial charge is 0.127 e. The third kappa shape index (κ3) is 1.20. The average Bonchev–Trinajstić information content (AvgIpc) is 3.01. The van der Waals surface area contributed by atoms with Gasteiger partial charge in [-0.3, -0.25) is 0 Å². The van der Waals surface area contributed by atoms with Crippen LogP contribution in [0.2, 0.25) is 0 Å². The summed E-state index contributed by atoms with van der Waals surface area (Å²) in [6.07, 6.45) is 8.43. The summed E-state index contributed by atoms with van der Waals surface area (Å²) in [4.78, 5) is 11.5. The van der Waals surface area contributed by atoms with Crippen LogP contribution in [0.15, 0.2) is 30.3 Å². The highest BCUT2D eigenvalue weighted by molar-refractivity contribution is 5.68. The van der Waals surface area contributed by atoms with Crippen LogP contribution in [0, 0.1) is 5.41 Å². The molecule has 16 heavy (non-hydrogen) atoms. The largest absolute Gasteiger partial charge is 0.303 e. The summed E-state index contributed by atoms with van der Waals surface area (Å²) in [5, 5.41) is 0. The van der Waals surface area contributed by atoms with Crippen molar-refractivity contribution in [2.24, 2.45) is 5.41 Å². The lowest BCUT2D eigenvalue weighted by molar-refractivity contribution is -0.114. The van der Waals surface area contributed by atoms with E-state index in [1.807, 2.05) is 0 Å². The number of aldehydes is 1. The molecule has 1 aromatic carbocycles. The van der Waals surface area contributed by atoms with Gasteiger partial charge in [0.15, 0.2) is 0 Å². The first-order valence-corrected chi connectivity index (χ1v) is 6.35. The molecule has 1 heteroatoms. The zero-order valence-electron chi connectivity index (χ0n) is 9.61. The molecule has 3 rings (SSSR count). The zero-order chi connectivity index (χ0) is 11.1. The lowest BCUT2D eigenvalue weighted by Gasteiger charge is -2.35. The molecular formula is C15H18O. The standard InChI is InChI=1S/C15H18O/c16-12-14(10-11-14)15(8-4-5-9-15)13-6-2-1-3-7-13/h1-3,6-7,12H,4-5,8-11H2. The molecule has 0 aromatic heterocycles. The SMILES string of the molecule is O=CC1(C2(c3ccccc3)CCCC2)CC1. The lowest BCUT2D eigenvalue weighted by atomic mass is 9.67.